The Morgan fingerprint density at radius 1 is 1.28 bits per heavy atom. The normalized spacial score (nSPS) is 17.4. The molecule has 1 aliphatic carbocycles. The maximum Gasteiger partial charge on any atom is 0.249 e. The van der Waals surface area contributed by atoms with Crippen LogP contribution in [0, 0.1) is 5.41 Å². The van der Waals surface area contributed by atoms with Gasteiger partial charge >= 0.3 is 0 Å². The second kappa shape index (κ2) is 7.30. The van der Waals surface area contributed by atoms with Gasteiger partial charge in [0.2, 0.25) is 15.9 Å². The van der Waals surface area contributed by atoms with Gasteiger partial charge in [0.25, 0.3) is 0 Å². The summed E-state index contributed by atoms with van der Waals surface area (Å²) in [4.78, 5) is 11.8. The van der Waals surface area contributed by atoms with Crippen molar-refractivity contribution in [3.63, 3.8) is 0 Å². The van der Waals surface area contributed by atoms with E-state index in [4.69, 9.17) is 5.73 Å². The van der Waals surface area contributed by atoms with Gasteiger partial charge in [-0.05, 0) is 53.9 Å². The Labute approximate surface area is 151 Å². The summed E-state index contributed by atoms with van der Waals surface area (Å²) in [6.45, 7) is 4.47. The zero-order valence-corrected chi connectivity index (χ0v) is 16.3. The molecule has 138 valence electrons. The fourth-order valence-electron chi connectivity index (χ4n) is 2.98. The molecule has 1 aliphatic rings. The lowest BCUT2D eigenvalue weighted by molar-refractivity contribution is 0.1000. The first-order valence-corrected chi connectivity index (χ1v) is 10.2. The zero-order valence-electron chi connectivity index (χ0n) is 15.5. The smallest absolute Gasteiger partial charge is 0.249 e. The van der Waals surface area contributed by atoms with Crippen molar-refractivity contribution < 1.29 is 13.2 Å². The number of aryl methyl sites for hydroxylation is 1. The fraction of sp³-hybridized carbons (Fsp3) is 0.526. The van der Waals surface area contributed by atoms with Crippen molar-refractivity contribution in [1.82, 2.24) is 4.31 Å². The van der Waals surface area contributed by atoms with E-state index in [1.54, 1.807) is 12.1 Å². The number of hydrogen-bond donors (Lipinski definition) is 1. The van der Waals surface area contributed by atoms with Crippen molar-refractivity contribution >= 4 is 21.5 Å². The van der Waals surface area contributed by atoms with E-state index < -0.39 is 15.9 Å². The quantitative estimate of drug-likeness (QED) is 0.843. The molecule has 1 amide bonds. The standard InChI is InChI=1S/C19H28N2O3S/c1-19(2)10-7-15(8-11-19)17-13-14(5-6-16(17)18(20)22)9-12-25(23,24)21(3)4/h5-7,13H,8-12H2,1-4H3,(H2,20,22). The maximum atomic E-state index is 12.0. The third-order valence-corrected chi connectivity index (χ3v) is 6.71. The summed E-state index contributed by atoms with van der Waals surface area (Å²) in [7, 11) is -0.182. The molecule has 0 fully saturated rings. The molecule has 0 unspecified atom stereocenters. The molecule has 0 saturated carbocycles. The molecule has 25 heavy (non-hydrogen) atoms. The third kappa shape index (κ3) is 4.92. The molecule has 0 atom stereocenters. The largest absolute Gasteiger partial charge is 0.366 e. The number of nitrogens with two attached hydrogens (primary N) is 1. The molecule has 0 heterocycles. The van der Waals surface area contributed by atoms with Crippen LogP contribution in [0.5, 0.6) is 0 Å². The minimum absolute atomic E-state index is 0.0431. The van der Waals surface area contributed by atoms with Gasteiger partial charge in [-0.1, -0.05) is 32.1 Å². The van der Waals surface area contributed by atoms with Crippen molar-refractivity contribution in [2.75, 3.05) is 19.8 Å². The Bertz CT molecular complexity index is 793. The van der Waals surface area contributed by atoms with Crippen LogP contribution in [0.2, 0.25) is 0 Å². The van der Waals surface area contributed by atoms with Crippen LogP contribution in [0.4, 0.5) is 0 Å². The fourth-order valence-corrected chi connectivity index (χ4v) is 3.84. The highest BCUT2D eigenvalue weighted by Gasteiger charge is 2.24. The summed E-state index contributed by atoms with van der Waals surface area (Å²) < 4.78 is 25.2. The predicted octanol–water partition coefficient (Wildman–Crippen LogP) is 2.81. The van der Waals surface area contributed by atoms with Crippen molar-refractivity contribution in [1.29, 1.82) is 0 Å². The molecule has 2 N–H and O–H groups in total. The lowest BCUT2D eigenvalue weighted by Crippen LogP contribution is -2.26. The number of carbonyl (C=O) groups excluding carboxylic acids is 1. The van der Waals surface area contributed by atoms with Crippen molar-refractivity contribution in [3.8, 4) is 0 Å². The highest BCUT2D eigenvalue weighted by molar-refractivity contribution is 7.89. The summed E-state index contributed by atoms with van der Waals surface area (Å²) in [6, 6.07) is 5.44. The highest BCUT2D eigenvalue weighted by atomic mass is 32.2. The summed E-state index contributed by atoms with van der Waals surface area (Å²) in [5, 5.41) is 0. The number of hydrogen-bond acceptors (Lipinski definition) is 3. The Kier molecular flexibility index (Phi) is 5.74. The summed E-state index contributed by atoms with van der Waals surface area (Å²) in [6.07, 6.45) is 5.50. The minimum Gasteiger partial charge on any atom is -0.366 e. The van der Waals surface area contributed by atoms with E-state index in [1.807, 2.05) is 6.07 Å². The van der Waals surface area contributed by atoms with Gasteiger partial charge in [-0.3, -0.25) is 4.79 Å². The van der Waals surface area contributed by atoms with Crippen LogP contribution < -0.4 is 5.73 Å². The molecule has 0 aromatic heterocycles. The van der Waals surface area contributed by atoms with Crippen molar-refractivity contribution in [3.05, 3.63) is 41.0 Å². The van der Waals surface area contributed by atoms with Crippen LogP contribution in [0.1, 0.15) is 54.6 Å². The molecular weight excluding hydrogens is 336 g/mol. The zero-order chi connectivity index (χ0) is 18.8. The Hall–Kier alpha value is -1.66. The van der Waals surface area contributed by atoms with Gasteiger partial charge in [-0.2, -0.15) is 0 Å². The molecule has 1 aromatic carbocycles. The van der Waals surface area contributed by atoms with E-state index >= 15 is 0 Å². The maximum absolute atomic E-state index is 12.0. The number of primary amides is 1. The molecule has 0 saturated heterocycles. The van der Waals surface area contributed by atoms with Gasteiger partial charge in [0.05, 0.1) is 5.75 Å². The molecule has 1 aromatic rings. The van der Waals surface area contributed by atoms with Gasteiger partial charge in [-0.15, -0.1) is 0 Å². The predicted molar refractivity (Wildman–Crippen MR) is 102 cm³/mol. The van der Waals surface area contributed by atoms with Gasteiger partial charge in [0.1, 0.15) is 0 Å². The third-order valence-electron chi connectivity index (χ3n) is 4.87. The van der Waals surface area contributed by atoms with Gasteiger partial charge < -0.3 is 5.73 Å². The average molecular weight is 365 g/mol. The Balaban J connectivity index is 2.32. The van der Waals surface area contributed by atoms with E-state index in [9.17, 15) is 13.2 Å². The summed E-state index contributed by atoms with van der Waals surface area (Å²) in [5.41, 5.74) is 9.19. The average Bonchev–Trinajstić information content (AvgIpc) is 2.52. The summed E-state index contributed by atoms with van der Waals surface area (Å²) in [5.74, 6) is -0.408. The number of carbonyl (C=O) groups is 1. The first-order valence-electron chi connectivity index (χ1n) is 8.54. The van der Waals surface area contributed by atoms with Crippen LogP contribution in [0.25, 0.3) is 5.57 Å². The molecule has 0 radical (unpaired) electrons. The second-order valence-electron chi connectivity index (χ2n) is 7.69. The van der Waals surface area contributed by atoms with Crippen molar-refractivity contribution in [2.45, 2.75) is 39.5 Å². The van der Waals surface area contributed by atoms with E-state index in [1.165, 1.54) is 18.4 Å². The number of sulfonamides is 1. The molecule has 0 spiro atoms. The van der Waals surface area contributed by atoms with Crippen LogP contribution >= 0.6 is 0 Å². The number of allylic oxidation sites excluding steroid dienone is 2. The van der Waals surface area contributed by atoms with Gasteiger partial charge in [-0.25, -0.2) is 12.7 Å². The monoisotopic (exact) mass is 364 g/mol. The van der Waals surface area contributed by atoms with Crippen LogP contribution in [-0.2, 0) is 16.4 Å². The second-order valence-corrected chi connectivity index (χ2v) is 9.99. The van der Waals surface area contributed by atoms with Crippen LogP contribution in [-0.4, -0.2) is 38.5 Å². The van der Waals surface area contributed by atoms with E-state index in [2.05, 4.69) is 19.9 Å². The van der Waals surface area contributed by atoms with E-state index in [0.717, 1.165) is 36.0 Å². The molecule has 6 heteroatoms. The topological polar surface area (TPSA) is 80.5 Å². The van der Waals surface area contributed by atoms with E-state index in [0.29, 0.717) is 12.0 Å². The van der Waals surface area contributed by atoms with Crippen molar-refractivity contribution in [2.24, 2.45) is 11.1 Å². The number of rotatable bonds is 6. The highest BCUT2D eigenvalue weighted by Crippen LogP contribution is 2.39. The number of benzene rings is 1. The lowest BCUT2D eigenvalue weighted by Gasteiger charge is -2.29. The molecule has 5 nitrogen and oxygen atoms in total. The Morgan fingerprint density at radius 3 is 2.48 bits per heavy atom. The SMILES string of the molecule is CN(C)S(=O)(=O)CCc1ccc(C(N)=O)c(C2=CCC(C)(C)CC2)c1. The first kappa shape index (κ1) is 19.7. The lowest BCUT2D eigenvalue weighted by atomic mass is 9.76. The molecule has 0 bridgehead atoms. The number of nitrogens with zero attached hydrogens (tertiary/aromatic N) is 1. The minimum atomic E-state index is -3.25. The first-order chi connectivity index (χ1) is 11.5. The van der Waals surface area contributed by atoms with Gasteiger partial charge in [0, 0.05) is 19.7 Å². The molecule has 2 rings (SSSR count). The van der Waals surface area contributed by atoms with Crippen LogP contribution in [0.15, 0.2) is 24.3 Å². The van der Waals surface area contributed by atoms with E-state index in [-0.39, 0.29) is 11.2 Å². The Morgan fingerprint density at radius 2 is 1.96 bits per heavy atom. The summed E-state index contributed by atoms with van der Waals surface area (Å²) >= 11 is 0. The van der Waals surface area contributed by atoms with Gasteiger partial charge in [0.15, 0.2) is 0 Å². The molecular formula is C19H28N2O3S. The van der Waals surface area contributed by atoms with Crippen LogP contribution in [0.3, 0.4) is 0 Å². The molecule has 0 aliphatic heterocycles. The number of amides is 1.